The Morgan fingerprint density at radius 3 is 2.68 bits per heavy atom. The van der Waals surface area contributed by atoms with E-state index >= 15 is 0 Å². The van der Waals surface area contributed by atoms with Crippen LogP contribution in [0.15, 0.2) is 28.7 Å². The van der Waals surface area contributed by atoms with Crippen LogP contribution in [0.5, 0.6) is 0 Å². The van der Waals surface area contributed by atoms with Gasteiger partial charge in [0, 0.05) is 17.1 Å². The Morgan fingerprint density at radius 2 is 1.91 bits per heavy atom. The van der Waals surface area contributed by atoms with Gasteiger partial charge in [-0.05, 0) is 43.9 Å². The van der Waals surface area contributed by atoms with Gasteiger partial charge in [0.1, 0.15) is 0 Å². The van der Waals surface area contributed by atoms with Crippen molar-refractivity contribution in [2.24, 2.45) is 0 Å². The van der Waals surface area contributed by atoms with E-state index in [0.29, 0.717) is 6.04 Å². The number of amides is 1. The Bertz CT molecular complexity index is 514. The number of nitrogens with zero attached hydrogens (tertiary/aromatic N) is 1. The SMILES string of the molecule is O=C(NC1CCCCC1)C1CCCN1Cc1ccccc1Br. The zero-order valence-corrected chi connectivity index (χ0v) is 14.6. The number of carbonyl (C=O) groups excluding carboxylic acids is 1. The monoisotopic (exact) mass is 364 g/mol. The van der Waals surface area contributed by atoms with Crippen LogP contribution in [-0.4, -0.2) is 29.4 Å². The molecule has 1 N–H and O–H groups in total. The maximum absolute atomic E-state index is 12.6. The first kappa shape index (κ1) is 16.0. The van der Waals surface area contributed by atoms with Gasteiger partial charge in [0.25, 0.3) is 0 Å². The zero-order chi connectivity index (χ0) is 15.4. The number of rotatable bonds is 4. The second-order valence-electron chi connectivity index (χ2n) is 6.56. The van der Waals surface area contributed by atoms with Gasteiger partial charge in [-0.3, -0.25) is 9.69 Å². The summed E-state index contributed by atoms with van der Waals surface area (Å²) in [5.74, 6) is 0.247. The van der Waals surface area contributed by atoms with Gasteiger partial charge in [-0.25, -0.2) is 0 Å². The fraction of sp³-hybridized carbons (Fsp3) is 0.611. The molecule has 0 aromatic heterocycles. The van der Waals surface area contributed by atoms with Gasteiger partial charge in [0.15, 0.2) is 0 Å². The molecular formula is C18H25BrN2O. The van der Waals surface area contributed by atoms with Crippen molar-refractivity contribution < 1.29 is 4.79 Å². The zero-order valence-electron chi connectivity index (χ0n) is 13.1. The predicted molar refractivity (Wildman–Crippen MR) is 92.6 cm³/mol. The Balaban J connectivity index is 1.60. The summed E-state index contributed by atoms with van der Waals surface area (Å²) in [6.07, 6.45) is 8.26. The largest absolute Gasteiger partial charge is 0.352 e. The molecule has 1 aliphatic heterocycles. The maximum Gasteiger partial charge on any atom is 0.237 e. The first-order valence-electron chi connectivity index (χ1n) is 8.52. The van der Waals surface area contributed by atoms with Crippen molar-refractivity contribution in [3.8, 4) is 0 Å². The summed E-state index contributed by atoms with van der Waals surface area (Å²) < 4.78 is 1.13. The highest BCUT2D eigenvalue weighted by Crippen LogP contribution is 2.25. The Labute approximate surface area is 141 Å². The van der Waals surface area contributed by atoms with Gasteiger partial charge in [-0.1, -0.05) is 53.4 Å². The molecule has 2 fully saturated rings. The minimum Gasteiger partial charge on any atom is -0.352 e. The van der Waals surface area contributed by atoms with Crippen LogP contribution < -0.4 is 5.32 Å². The van der Waals surface area contributed by atoms with E-state index < -0.39 is 0 Å². The third-order valence-corrected chi connectivity index (χ3v) is 5.72. The summed E-state index contributed by atoms with van der Waals surface area (Å²) in [4.78, 5) is 15.0. The summed E-state index contributed by atoms with van der Waals surface area (Å²) in [5.41, 5.74) is 1.26. The first-order chi connectivity index (χ1) is 10.7. The molecule has 1 heterocycles. The van der Waals surface area contributed by atoms with Crippen molar-refractivity contribution in [3.63, 3.8) is 0 Å². The maximum atomic E-state index is 12.6. The molecule has 1 unspecified atom stereocenters. The third kappa shape index (κ3) is 3.90. The highest BCUT2D eigenvalue weighted by atomic mass is 79.9. The number of nitrogens with one attached hydrogen (secondary N) is 1. The molecule has 0 spiro atoms. The number of halogens is 1. The summed E-state index contributed by atoms with van der Waals surface area (Å²) in [5, 5.41) is 3.30. The minimum absolute atomic E-state index is 0.0500. The highest BCUT2D eigenvalue weighted by Gasteiger charge is 2.32. The van der Waals surface area contributed by atoms with E-state index in [1.54, 1.807) is 0 Å². The second-order valence-corrected chi connectivity index (χ2v) is 7.42. The van der Waals surface area contributed by atoms with Crippen LogP contribution in [0.1, 0.15) is 50.5 Å². The normalized spacial score (nSPS) is 23.6. The molecule has 22 heavy (non-hydrogen) atoms. The van der Waals surface area contributed by atoms with Crippen LogP contribution >= 0.6 is 15.9 Å². The molecule has 0 bridgehead atoms. The predicted octanol–water partition coefficient (Wildman–Crippen LogP) is 3.86. The van der Waals surface area contributed by atoms with E-state index in [1.807, 2.05) is 6.07 Å². The summed E-state index contributed by atoms with van der Waals surface area (Å²) in [7, 11) is 0. The average molecular weight is 365 g/mol. The molecule has 2 aliphatic rings. The summed E-state index contributed by atoms with van der Waals surface area (Å²) >= 11 is 3.61. The van der Waals surface area contributed by atoms with Gasteiger partial charge < -0.3 is 5.32 Å². The minimum atomic E-state index is 0.0500. The molecule has 1 aromatic carbocycles. The van der Waals surface area contributed by atoms with Crippen molar-refractivity contribution >= 4 is 21.8 Å². The van der Waals surface area contributed by atoms with E-state index in [1.165, 1.54) is 24.8 Å². The fourth-order valence-corrected chi connectivity index (χ4v) is 4.11. The van der Waals surface area contributed by atoms with Crippen LogP contribution in [0.3, 0.4) is 0 Å². The van der Waals surface area contributed by atoms with E-state index in [0.717, 1.165) is 43.2 Å². The van der Waals surface area contributed by atoms with Crippen molar-refractivity contribution in [2.45, 2.75) is 63.6 Å². The molecule has 1 atom stereocenters. The number of hydrogen-bond donors (Lipinski definition) is 1. The lowest BCUT2D eigenvalue weighted by atomic mass is 9.95. The molecule has 0 radical (unpaired) electrons. The Hall–Kier alpha value is -0.870. The lowest BCUT2D eigenvalue weighted by Gasteiger charge is -2.28. The molecule has 3 rings (SSSR count). The third-order valence-electron chi connectivity index (χ3n) is 4.95. The lowest BCUT2D eigenvalue weighted by molar-refractivity contribution is -0.126. The van der Waals surface area contributed by atoms with E-state index in [9.17, 15) is 4.79 Å². The number of benzene rings is 1. The number of hydrogen-bond acceptors (Lipinski definition) is 2. The van der Waals surface area contributed by atoms with Gasteiger partial charge in [-0.15, -0.1) is 0 Å². The van der Waals surface area contributed by atoms with E-state index in [-0.39, 0.29) is 11.9 Å². The van der Waals surface area contributed by atoms with Crippen LogP contribution in [0.2, 0.25) is 0 Å². The molecule has 1 amide bonds. The molecule has 1 aromatic rings. The fourth-order valence-electron chi connectivity index (χ4n) is 3.70. The van der Waals surface area contributed by atoms with Gasteiger partial charge >= 0.3 is 0 Å². The van der Waals surface area contributed by atoms with Crippen molar-refractivity contribution in [2.75, 3.05) is 6.54 Å². The van der Waals surface area contributed by atoms with E-state index in [2.05, 4.69) is 44.3 Å². The highest BCUT2D eigenvalue weighted by molar-refractivity contribution is 9.10. The molecule has 120 valence electrons. The molecule has 1 saturated heterocycles. The van der Waals surface area contributed by atoms with Gasteiger partial charge in [-0.2, -0.15) is 0 Å². The van der Waals surface area contributed by atoms with Crippen LogP contribution in [0.4, 0.5) is 0 Å². The lowest BCUT2D eigenvalue weighted by Crippen LogP contribution is -2.47. The van der Waals surface area contributed by atoms with Crippen LogP contribution in [0.25, 0.3) is 0 Å². The standard InChI is InChI=1S/C18H25BrN2O/c19-16-10-5-4-7-14(16)13-21-12-6-11-17(21)18(22)20-15-8-2-1-3-9-15/h4-5,7,10,15,17H,1-3,6,8-9,11-13H2,(H,20,22). The van der Waals surface area contributed by atoms with Crippen molar-refractivity contribution in [1.82, 2.24) is 10.2 Å². The number of carbonyl (C=O) groups is 1. The smallest absolute Gasteiger partial charge is 0.237 e. The molecule has 1 saturated carbocycles. The first-order valence-corrected chi connectivity index (χ1v) is 9.31. The second kappa shape index (κ2) is 7.60. The molecule has 4 heteroatoms. The molecule has 1 aliphatic carbocycles. The van der Waals surface area contributed by atoms with Crippen LogP contribution in [-0.2, 0) is 11.3 Å². The Kier molecular flexibility index (Phi) is 5.53. The summed E-state index contributed by atoms with van der Waals surface area (Å²) in [6, 6.07) is 8.76. The van der Waals surface area contributed by atoms with Crippen molar-refractivity contribution in [1.29, 1.82) is 0 Å². The number of likely N-dealkylation sites (tertiary alicyclic amines) is 1. The molecular weight excluding hydrogens is 340 g/mol. The average Bonchev–Trinajstić information content (AvgIpc) is 2.99. The van der Waals surface area contributed by atoms with Gasteiger partial charge in [0.05, 0.1) is 6.04 Å². The molecule has 3 nitrogen and oxygen atoms in total. The summed E-state index contributed by atoms with van der Waals surface area (Å²) in [6.45, 7) is 1.87. The van der Waals surface area contributed by atoms with Gasteiger partial charge in [0.2, 0.25) is 5.91 Å². The Morgan fingerprint density at radius 1 is 1.14 bits per heavy atom. The topological polar surface area (TPSA) is 32.3 Å². The van der Waals surface area contributed by atoms with Crippen LogP contribution in [0, 0.1) is 0 Å². The quantitative estimate of drug-likeness (QED) is 0.879. The van der Waals surface area contributed by atoms with E-state index in [4.69, 9.17) is 0 Å². The van der Waals surface area contributed by atoms with Crippen molar-refractivity contribution in [3.05, 3.63) is 34.3 Å².